The molecular formula is C13H15N3O5S2. The summed E-state index contributed by atoms with van der Waals surface area (Å²) in [5.74, 6) is -0.598. The maximum Gasteiger partial charge on any atom is 0.302 e. The summed E-state index contributed by atoms with van der Waals surface area (Å²) in [6.07, 6.45) is 0.388. The topological polar surface area (TPSA) is 128 Å². The number of amidine groups is 1. The number of primary sulfonamides is 1. The van der Waals surface area contributed by atoms with Gasteiger partial charge in [-0.05, 0) is 24.3 Å². The van der Waals surface area contributed by atoms with Crippen LogP contribution in [0.2, 0.25) is 0 Å². The van der Waals surface area contributed by atoms with E-state index in [9.17, 15) is 18.0 Å². The Kier molecular flexibility index (Phi) is 5.39. The molecule has 1 aromatic rings. The van der Waals surface area contributed by atoms with E-state index in [2.05, 4.69) is 10.3 Å². The maximum atomic E-state index is 11.8. The van der Waals surface area contributed by atoms with Crippen molar-refractivity contribution < 1.29 is 22.7 Å². The standard InChI is InChI=1S/C13H15N3O5S2/c1-8(17)21-7-6-11-12(18)16-13(22-11)15-9-2-4-10(5-3-9)23(14,19)20/h2-5,11H,6-7H2,1H3,(H2,14,19,20)(H,15,16,18). The monoisotopic (exact) mass is 357 g/mol. The number of aliphatic imine (C=N–C) groups is 1. The lowest BCUT2D eigenvalue weighted by Crippen LogP contribution is -2.25. The van der Waals surface area contributed by atoms with Crippen molar-refractivity contribution in [2.75, 3.05) is 6.61 Å². The summed E-state index contributed by atoms with van der Waals surface area (Å²) in [5.41, 5.74) is 0.487. The molecule has 1 atom stereocenters. The second kappa shape index (κ2) is 7.11. The highest BCUT2D eigenvalue weighted by molar-refractivity contribution is 8.15. The highest BCUT2D eigenvalue weighted by Gasteiger charge is 2.30. The van der Waals surface area contributed by atoms with Gasteiger partial charge < -0.3 is 10.1 Å². The number of nitrogens with one attached hydrogen (secondary N) is 1. The quantitative estimate of drug-likeness (QED) is 0.739. The molecule has 0 spiro atoms. The number of rotatable bonds is 5. The van der Waals surface area contributed by atoms with Gasteiger partial charge in [-0.2, -0.15) is 0 Å². The van der Waals surface area contributed by atoms with Crippen LogP contribution in [0.1, 0.15) is 13.3 Å². The van der Waals surface area contributed by atoms with Gasteiger partial charge in [-0.25, -0.2) is 18.5 Å². The first-order chi connectivity index (χ1) is 10.8. The SMILES string of the molecule is CC(=O)OCCC1SC(=Nc2ccc(S(N)(=O)=O)cc2)NC1=O. The molecular weight excluding hydrogens is 342 g/mol. The minimum Gasteiger partial charge on any atom is -0.466 e. The molecule has 3 N–H and O–H groups in total. The van der Waals surface area contributed by atoms with Crippen LogP contribution in [0.5, 0.6) is 0 Å². The van der Waals surface area contributed by atoms with E-state index in [0.29, 0.717) is 17.3 Å². The van der Waals surface area contributed by atoms with Crippen LogP contribution < -0.4 is 10.5 Å². The van der Waals surface area contributed by atoms with Gasteiger partial charge in [0.1, 0.15) is 0 Å². The van der Waals surface area contributed by atoms with Crippen molar-refractivity contribution in [3.05, 3.63) is 24.3 Å². The molecule has 1 fully saturated rings. The predicted octanol–water partition coefficient (Wildman–Crippen LogP) is 0.506. The summed E-state index contributed by atoms with van der Waals surface area (Å²) in [5, 5.41) is 7.67. The Balaban J connectivity index is 2.01. The molecule has 10 heteroatoms. The van der Waals surface area contributed by atoms with Crippen LogP contribution in [0, 0.1) is 0 Å². The van der Waals surface area contributed by atoms with Gasteiger partial charge in [-0.15, -0.1) is 0 Å². The van der Waals surface area contributed by atoms with E-state index in [4.69, 9.17) is 9.88 Å². The summed E-state index contributed by atoms with van der Waals surface area (Å²) in [6.45, 7) is 1.47. The Hall–Kier alpha value is -1.91. The van der Waals surface area contributed by atoms with E-state index in [1.165, 1.54) is 43.0 Å². The third-order valence-corrected chi connectivity index (χ3v) is 4.94. The number of ether oxygens (including phenoxy) is 1. The summed E-state index contributed by atoms with van der Waals surface area (Å²) in [6, 6.07) is 5.67. The van der Waals surface area contributed by atoms with Crippen LogP contribution in [0.3, 0.4) is 0 Å². The number of nitrogens with zero attached hydrogens (tertiary/aromatic N) is 1. The molecule has 1 saturated heterocycles. The summed E-state index contributed by atoms with van der Waals surface area (Å²) in [7, 11) is -3.75. The van der Waals surface area contributed by atoms with Gasteiger partial charge in [0.25, 0.3) is 0 Å². The molecule has 0 saturated carbocycles. The van der Waals surface area contributed by atoms with Crippen molar-refractivity contribution in [3.63, 3.8) is 0 Å². The van der Waals surface area contributed by atoms with Crippen LogP contribution in [0.15, 0.2) is 34.2 Å². The van der Waals surface area contributed by atoms with Gasteiger partial charge in [0, 0.05) is 13.3 Å². The number of sulfonamides is 1. The zero-order valence-electron chi connectivity index (χ0n) is 12.2. The van der Waals surface area contributed by atoms with E-state index >= 15 is 0 Å². The fourth-order valence-corrected chi connectivity index (χ4v) is 3.27. The second-order valence-electron chi connectivity index (χ2n) is 4.68. The Labute approximate surface area is 137 Å². The number of nitrogens with two attached hydrogens (primary N) is 1. The van der Waals surface area contributed by atoms with E-state index in [1.54, 1.807) is 0 Å². The van der Waals surface area contributed by atoms with Crippen LogP contribution in [0.25, 0.3) is 0 Å². The first-order valence-electron chi connectivity index (χ1n) is 6.58. The third-order valence-electron chi connectivity index (χ3n) is 2.86. The van der Waals surface area contributed by atoms with Crippen molar-refractivity contribution >= 4 is 44.5 Å². The lowest BCUT2D eigenvalue weighted by molar-refractivity contribution is -0.141. The molecule has 0 radical (unpaired) electrons. The summed E-state index contributed by atoms with van der Waals surface area (Å²) < 4.78 is 27.1. The van der Waals surface area contributed by atoms with Gasteiger partial charge in [0.15, 0.2) is 5.17 Å². The number of amides is 1. The van der Waals surface area contributed by atoms with Crippen molar-refractivity contribution in [2.45, 2.75) is 23.5 Å². The zero-order chi connectivity index (χ0) is 17.0. The molecule has 8 nitrogen and oxygen atoms in total. The largest absolute Gasteiger partial charge is 0.466 e. The zero-order valence-corrected chi connectivity index (χ0v) is 13.8. The molecule has 1 aromatic carbocycles. The molecule has 1 aliphatic heterocycles. The average molecular weight is 357 g/mol. The Morgan fingerprint density at radius 1 is 1.39 bits per heavy atom. The lowest BCUT2D eigenvalue weighted by atomic mass is 10.3. The maximum absolute atomic E-state index is 11.8. The van der Waals surface area contributed by atoms with Gasteiger partial charge in [0.05, 0.1) is 22.4 Å². The predicted molar refractivity (Wildman–Crippen MR) is 85.7 cm³/mol. The fraction of sp³-hybridized carbons (Fsp3) is 0.308. The highest BCUT2D eigenvalue weighted by atomic mass is 32.2. The molecule has 0 aliphatic carbocycles. The lowest BCUT2D eigenvalue weighted by Gasteiger charge is -2.04. The number of hydrogen-bond acceptors (Lipinski definition) is 7. The Morgan fingerprint density at radius 2 is 2.04 bits per heavy atom. The molecule has 1 aliphatic rings. The minimum absolute atomic E-state index is 0.0104. The summed E-state index contributed by atoms with van der Waals surface area (Å²) >= 11 is 1.23. The minimum atomic E-state index is -3.75. The van der Waals surface area contributed by atoms with Gasteiger partial charge in [0.2, 0.25) is 15.9 Å². The van der Waals surface area contributed by atoms with Crippen molar-refractivity contribution in [1.82, 2.24) is 5.32 Å². The second-order valence-corrected chi connectivity index (χ2v) is 7.43. The molecule has 0 bridgehead atoms. The fourth-order valence-electron chi connectivity index (χ4n) is 1.79. The first-order valence-corrected chi connectivity index (χ1v) is 9.01. The smallest absolute Gasteiger partial charge is 0.302 e. The number of hydrogen-bond donors (Lipinski definition) is 2. The van der Waals surface area contributed by atoms with Crippen LogP contribution in [-0.2, 0) is 24.3 Å². The summed E-state index contributed by atoms with van der Waals surface area (Å²) in [4.78, 5) is 26.7. The first kappa shape index (κ1) is 17.4. The van der Waals surface area contributed by atoms with Crippen LogP contribution in [0.4, 0.5) is 5.69 Å². The van der Waals surface area contributed by atoms with Gasteiger partial charge in [-0.3, -0.25) is 9.59 Å². The van der Waals surface area contributed by atoms with Gasteiger partial charge in [-0.1, -0.05) is 11.8 Å². The average Bonchev–Trinajstić information content (AvgIpc) is 2.78. The van der Waals surface area contributed by atoms with Crippen molar-refractivity contribution in [1.29, 1.82) is 0 Å². The number of esters is 1. The molecule has 1 amide bonds. The molecule has 2 rings (SSSR count). The molecule has 124 valence electrons. The van der Waals surface area contributed by atoms with Crippen LogP contribution >= 0.6 is 11.8 Å². The molecule has 0 aromatic heterocycles. The molecule has 23 heavy (non-hydrogen) atoms. The van der Waals surface area contributed by atoms with Gasteiger partial charge >= 0.3 is 5.97 Å². The highest BCUT2D eigenvalue weighted by Crippen LogP contribution is 2.25. The molecule has 1 unspecified atom stereocenters. The van der Waals surface area contributed by atoms with E-state index in [-0.39, 0.29) is 22.7 Å². The normalized spacial score (nSPS) is 19.7. The van der Waals surface area contributed by atoms with Crippen molar-refractivity contribution in [2.24, 2.45) is 10.1 Å². The number of thioether (sulfide) groups is 1. The Bertz CT molecular complexity index is 743. The third kappa shape index (κ3) is 5.05. The van der Waals surface area contributed by atoms with E-state index in [0.717, 1.165) is 0 Å². The number of carbonyl (C=O) groups is 2. The number of carbonyl (C=O) groups excluding carboxylic acids is 2. The Morgan fingerprint density at radius 3 is 2.61 bits per heavy atom. The van der Waals surface area contributed by atoms with Crippen molar-refractivity contribution in [3.8, 4) is 0 Å². The van der Waals surface area contributed by atoms with E-state index < -0.39 is 16.0 Å². The molecule has 1 heterocycles. The van der Waals surface area contributed by atoms with E-state index in [1.807, 2.05) is 0 Å². The number of benzene rings is 1. The van der Waals surface area contributed by atoms with Crippen LogP contribution in [-0.4, -0.2) is 37.3 Å².